The number of aliphatic hydroxyl groups excluding tert-OH is 1. The highest BCUT2D eigenvalue weighted by Crippen LogP contribution is 2.33. The van der Waals surface area contributed by atoms with Crippen LogP contribution in [0.5, 0.6) is 0 Å². The minimum absolute atomic E-state index is 0.179. The van der Waals surface area contributed by atoms with Gasteiger partial charge in [-0.15, -0.1) is 0 Å². The molecule has 3 aromatic heterocycles. The van der Waals surface area contributed by atoms with Crippen molar-refractivity contribution in [2.24, 2.45) is 5.92 Å². The monoisotopic (exact) mass is 354 g/mol. The zero-order valence-electron chi connectivity index (χ0n) is 15.1. The van der Waals surface area contributed by atoms with Crippen LogP contribution in [0.25, 0.3) is 22.8 Å². The second-order valence-electron chi connectivity index (χ2n) is 6.95. The second-order valence-corrected chi connectivity index (χ2v) is 6.95. The molecule has 1 aliphatic heterocycles. The van der Waals surface area contributed by atoms with Crippen molar-refractivity contribution in [3.05, 3.63) is 35.9 Å². The maximum absolute atomic E-state index is 9.97. The van der Waals surface area contributed by atoms with Gasteiger partial charge < -0.3 is 18.9 Å². The fourth-order valence-corrected chi connectivity index (χ4v) is 3.26. The van der Waals surface area contributed by atoms with E-state index in [1.54, 1.807) is 6.20 Å². The molecule has 0 spiro atoms. The quantitative estimate of drug-likeness (QED) is 0.772. The van der Waals surface area contributed by atoms with Gasteiger partial charge in [-0.25, -0.2) is 9.97 Å². The summed E-state index contributed by atoms with van der Waals surface area (Å²) in [5.74, 6) is 2.90. The highest BCUT2D eigenvalue weighted by atomic mass is 16.5. The van der Waals surface area contributed by atoms with E-state index in [0.717, 1.165) is 30.1 Å². The van der Waals surface area contributed by atoms with E-state index in [9.17, 15) is 5.11 Å². The van der Waals surface area contributed by atoms with Crippen molar-refractivity contribution in [1.29, 1.82) is 0 Å². The van der Waals surface area contributed by atoms with Gasteiger partial charge in [0, 0.05) is 25.4 Å². The average Bonchev–Trinajstić information content (AvgIpc) is 3.25. The Kier molecular flexibility index (Phi) is 4.24. The van der Waals surface area contributed by atoms with Crippen molar-refractivity contribution < 1.29 is 14.0 Å². The lowest BCUT2D eigenvalue weighted by Gasteiger charge is -2.34. The lowest BCUT2D eigenvalue weighted by atomic mass is 9.97. The van der Waals surface area contributed by atoms with Crippen LogP contribution < -0.4 is 4.90 Å². The lowest BCUT2D eigenvalue weighted by Crippen LogP contribution is -2.42. The van der Waals surface area contributed by atoms with Gasteiger partial charge in [0.1, 0.15) is 11.5 Å². The molecule has 4 heterocycles. The Morgan fingerprint density at radius 2 is 2.08 bits per heavy atom. The maximum Gasteiger partial charge on any atom is 0.226 e. The van der Waals surface area contributed by atoms with Gasteiger partial charge in [-0.1, -0.05) is 12.1 Å². The first-order chi connectivity index (χ1) is 12.5. The molecule has 1 saturated heterocycles. The summed E-state index contributed by atoms with van der Waals surface area (Å²) in [6.07, 6.45) is 2.20. The molecule has 1 aliphatic rings. The summed E-state index contributed by atoms with van der Waals surface area (Å²) in [6, 6.07) is 5.67. The summed E-state index contributed by atoms with van der Waals surface area (Å²) in [5, 5.41) is 13.9. The molecular weight excluding hydrogens is 332 g/mol. The van der Waals surface area contributed by atoms with Crippen molar-refractivity contribution in [3.63, 3.8) is 0 Å². The molecule has 0 amide bonds. The van der Waals surface area contributed by atoms with Crippen molar-refractivity contribution >= 4 is 5.95 Å². The number of hydrogen-bond acceptors (Lipinski definition) is 7. The molecule has 1 N–H and O–H groups in total. The van der Waals surface area contributed by atoms with Crippen molar-refractivity contribution in [1.82, 2.24) is 15.1 Å². The number of hydrogen-bond donors (Lipinski definition) is 1. The first-order valence-electron chi connectivity index (χ1n) is 8.82. The fourth-order valence-electron chi connectivity index (χ4n) is 3.26. The summed E-state index contributed by atoms with van der Waals surface area (Å²) >= 11 is 0. The summed E-state index contributed by atoms with van der Waals surface area (Å²) in [7, 11) is 0. The number of nitrogens with zero attached hydrogens (tertiary/aromatic N) is 4. The lowest BCUT2D eigenvalue weighted by molar-refractivity contribution is 0.0966. The van der Waals surface area contributed by atoms with Crippen LogP contribution in [-0.2, 0) is 0 Å². The van der Waals surface area contributed by atoms with Crippen LogP contribution in [0.4, 0.5) is 5.95 Å². The average molecular weight is 354 g/mol. The van der Waals surface area contributed by atoms with E-state index in [1.807, 2.05) is 39.0 Å². The van der Waals surface area contributed by atoms with E-state index in [0.29, 0.717) is 29.6 Å². The number of furan rings is 1. The predicted octanol–water partition coefficient (Wildman–Crippen LogP) is 3.22. The number of aliphatic hydroxyl groups is 1. The van der Waals surface area contributed by atoms with E-state index >= 15 is 0 Å². The Bertz CT molecular complexity index is 917. The largest absolute Gasteiger partial charge is 0.460 e. The van der Waals surface area contributed by atoms with Gasteiger partial charge in [-0.05, 0) is 38.3 Å². The number of aromatic nitrogens is 3. The molecule has 0 radical (unpaired) electrons. The number of rotatable bonds is 3. The molecule has 4 rings (SSSR count). The smallest absolute Gasteiger partial charge is 0.226 e. The molecule has 0 aromatic carbocycles. The van der Waals surface area contributed by atoms with E-state index in [4.69, 9.17) is 13.9 Å². The van der Waals surface area contributed by atoms with Gasteiger partial charge in [0.25, 0.3) is 0 Å². The number of piperidine rings is 1. The van der Waals surface area contributed by atoms with Gasteiger partial charge in [-0.2, -0.15) is 0 Å². The second kappa shape index (κ2) is 6.57. The zero-order valence-corrected chi connectivity index (χ0v) is 15.1. The summed E-state index contributed by atoms with van der Waals surface area (Å²) < 4.78 is 11.2. The normalized spacial score (nSPS) is 20.5. The minimum atomic E-state index is -0.269. The molecule has 2 atom stereocenters. The van der Waals surface area contributed by atoms with E-state index in [1.165, 1.54) is 0 Å². The molecular formula is C19H22N4O3. The highest BCUT2D eigenvalue weighted by molar-refractivity contribution is 5.76. The molecule has 0 unspecified atom stereocenters. The van der Waals surface area contributed by atoms with Gasteiger partial charge in [0.15, 0.2) is 11.5 Å². The Morgan fingerprint density at radius 3 is 2.73 bits per heavy atom. The van der Waals surface area contributed by atoms with Crippen molar-refractivity contribution in [2.45, 2.75) is 33.3 Å². The zero-order chi connectivity index (χ0) is 18.3. The van der Waals surface area contributed by atoms with Crippen LogP contribution in [0.2, 0.25) is 0 Å². The van der Waals surface area contributed by atoms with Gasteiger partial charge in [0.05, 0.1) is 17.4 Å². The number of anilines is 1. The van der Waals surface area contributed by atoms with Crippen molar-refractivity contribution in [3.8, 4) is 22.8 Å². The Morgan fingerprint density at radius 1 is 1.23 bits per heavy atom. The maximum atomic E-state index is 9.97. The van der Waals surface area contributed by atoms with Gasteiger partial charge >= 0.3 is 0 Å². The summed E-state index contributed by atoms with van der Waals surface area (Å²) in [4.78, 5) is 11.4. The van der Waals surface area contributed by atoms with Crippen LogP contribution in [0, 0.1) is 19.8 Å². The summed E-state index contributed by atoms with van der Waals surface area (Å²) in [6.45, 7) is 7.26. The molecule has 0 saturated carbocycles. The van der Waals surface area contributed by atoms with Crippen LogP contribution in [0.3, 0.4) is 0 Å². The molecule has 7 nitrogen and oxygen atoms in total. The third kappa shape index (κ3) is 3.10. The topological polar surface area (TPSA) is 88.4 Å². The van der Waals surface area contributed by atoms with Crippen LogP contribution in [-0.4, -0.2) is 39.4 Å². The molecule has 1 fully saturated rings. The molecule has 3 aromatic rings. The Labute approximate surface area is 151 Å². The molecule has 26 heavy (non-hydrogen) atoms. The third-order valence-electron chi connectivity index (χ3n) is 4.79. The standard InChI is InChI=1S/C19H22N4O3/c1-11-10-23(7-6-15(11)24)19-20-9-14(17-8-12(2)22-26-17)18(21-19)16-5-4-13(3)25-16/h4-5,8-9,11,15,24H,6-7,10H2,1-3H3/t11-,15-/m0/s1. The number of aryl methyl sites for hydroxylation is 2. The van der Waals surface area contributed by atoms with E-state index in [-0.39, 0.29) is 12.0 Å². The SMILES string of the molecule is Cc1cc(-c2cnc(N3CC[C@H](O)[C@@H](C)C3)nc2-c2ccc(C)o2)on1. The van der Waals surface area contributed by atoms with Crippen LogP contribution >= 0.6 is 0 Å². The molecule has 136 valence electrons. The molecule has 0 bridgehead atoms. The summed E-state index contributed by atoms with van der Waals surface area (Å²) in [5.41, 5.74) is 2.22. The van der Waals surface area contributed by atoms with Crippen LogP contribution in [0.1, 0.15) is 24.8 Å². The highest BCUT2D eigenvalue weighted by Gasteiger charge is 2.27. The third-order valence-corrected chi connectivity index (χ3v) is 4.79. The van der Waals surface area contributed by atoms with Crippen LogP contribution in [0.15, 0.2) is 33.3 Å². The van der Waals surface area contributed by atoms with E-state index in [2.05, 4.69) is 15.0 Å². The first-order valence-corrected chi connectivity index (χ1v) is 8.82. The predicted molar refractivity (Wildman–Crippen MR) is 96.7 cm³/mol. The van der Waals surface area contributed by atoms with E-state index < -0.39 is 0 Å². The molecule has 7 heteroatoms. The first kappa shape index (κ1) is 16.8. The minimum Gasteiger partial charge on any atom is -0.460 e. The van der Waals surface area contributed by atoms with Crippen molar-refractivity contribution in [2.75, 3.05) is 18.0 Å². The Balaban J connectivity index is 1.77. The molecule has 0 aliphatic carbocycles. The van der Waals surface area contributed by atoms with Gasteiger partial charge in [-0.3, -0.25) is 0 Å². The van der Waals surface area contributed by atoms with Gasteiger partial charge in [0.2, 0.25) is 5.95 Å². The fraction of sp³-hybridized carbons (Fsp3) is 0.421. The Hall–Kier alpha value is -2.67.